The summed E-state index contributed by atoms with van der Waals surface area (Å²) in [7, 11) is 0. The van der Waals surface area contributed by atoms with E-state index < -0.39 is 5.24 Å². The number of hydrogen-bond acceptors (Lipinski definition) is 8. The number of halogens is 1. The molecule has 2 aromatic heterocycles. The van der Waals surface area contributed by atoms with E-state index in [4.69, 9.17) is 36.0 Å². The molecule has 1 aliphatic carbocycles. The number of anilines is 2. The number of aromatic nitrogens is 3. The highest BCUT2D eigenvalue weighted by molar-refractivity contribution is 6.67. The summed E-state index contributed by atoms with van der Waals surface area (Å²) in [4.78, 5) is 31.1. The van der Waals surface area contributed by atoms with Crippen LogP contribution in [-0.2, 0) is 9.47 Å². The van der Waals surface area contributed by atoms with Crippen LogP contribution in [0.5, 0.6) is 0 Å². The highest BCUT2D eigenvalue weighted by atomic mass is 35.5. The van der Waals surface area contributed by atoms with Crippen molar-refractivity contribution in [3.63, 3.8) is 0 Å². The van der Waals surface area contributed by atoms with Crippen LogP contribution in [0.3, 0.4) is 0 Å². The third kappa shape index (κ3) is 4.00. The first kappa shape index (κ1) is 21.7. The Hall–Kier alpha value is -2.81. The summed E-state index contributed by atoms with van der Waals surface area (Å²) >= 11 is 5.70. The Morgan fingerprint density at radius 3 is 2.79 bits per heavy atom. The fourth-order valence-electron chi connectivity index (χ4n) is 4.80. The molecule has 3 fully saturated rings. The molecule has 8 nitrogen and oxygen atoms in total. The Bertz CT molecular complexity index is 1260. The van der Waals surface area contributed by atoms with Gasteiger partial charge in [-0.15, -0.1) is 0 Å². The molecule has 2 saturated heterocycles. The van der Waals surface area contributed by atoms with Crippen LogP contribution in [-0.4, -0.2) is 71.3 Å². The summed E-state index contributed by atoms with van der Waals surface area (Å²) in [5.74, 6) is 1.57. The van der Waals surface area contributed by atoms with Crippen molar-refractivity contribution in [2.24, 2.45) is 0 Å². The highest BCUT2D eigenvalue weighted by Gasteiger charge is 2.48. The van der Waals surface area contributed by atoms with Crippen molar-refractivity contribution in [2.45, 2.75) is 31.4 Å². The number of morpholine rings is 2. The summed E-state index contributed by atoms with van der Waals surface area (Å²) in [5.41, 5.74) is 2.59. The summed E-state index contributed by atoms with van der Waals surface area (Å²) < 4.78 is 11.7. The molecule has 1 saturated carbocycles. The molecule has 0 unspecified atom stereocenters. The second kappa shape index (κ2) is 8.45. The van der Waals surface area contributed by atoms with E-state index >= 15 is 0 Å². The third-order valence-corrected chi connectivity index (χ3v) is 7.11. The zero-order valence-electron chi connectivity index (χ0n) is 19.0. The molecule has 0 amide bonds. The van der Waals surface area contributed by atoms with Crippen LogP contribution >= 0.6 is 11.6 Å². The lowest BCUT2D eigenvalue weighted by Crippen LogP contribution is -2.46. The van der Waals surface area contributed by atoms with Crippen LogP contribution in [0.1, 0.15) is 30.1 Å². The van der Waals surface area contributed by atoms with Crippen molar-refractivity contribution in [3.8, 4) is 11.3 Å². The van der Waals surface area contributed by atoms with E-state index in [1.54, 1.807) is 12.1 Å². The van der Waals surface area contributed by atoms with Crippen LogP contribution in [0.15, 0.2) is 36.4 Å². The van der Waals surface area contributed by atoms with Crippen molar-refractivity contribution < 1.29 is 14.3 Å². The molecule has 6 rings (SSSR count). The number of benzene rings is 1. The normalized spacial score (nSPS) is 21.8. The van der Waals surface area contributed by atoms with E-state index in [0.717, 1.165) is 54.9 Å². The maximum Gasteiger partial charge on any atom is 0.252 e. The van der Waals surface area contributed by atoms with E-state index in [1.165, 1.54) is 0 Å². The Morgan fingerprint density at radius 1 is 1.12 bits per heavy atom. The first-order valence-electron chi connectivity index (χ1n) is 11.7. The number of carbonyl (C=O) groups is 1. The van der Waals surface area contributed by atoms with Crippen molar-refractivity contribution in [2.75, 3.05) is 49.3 Å². The smallest absolute Gasteiger partial charge is 0.252 e. The molecule has 9 heteroatoms. The molecule has 1 aromatic carbocycles. The average Bonchev–Trinajstić information content (AvgIpc) is 3.61. The van der Waals surface area contributed by atoms with Gasteiger partial charge in [-0.3, -0.25) is 4.79 Å². The fraction of sp³-hybridized carbons (Fsp3) is 0.440. The number of nitrogens with zero attached hydrogens (tertiary/aromatic N) is 5. The number of hydrogen-bond donors (Lipinski definition) is 0. The summed E-state index contributed by atoms with van der Waals surface area (Å²) in [6.45, 7) is 6.47. The van der Waals surface area contributed by atoms with Gasteiger partial charge < -0.3 is 19.3 Å². The third-order valence-electron chi connectivity index (χ3n) is 6.89. The van der Waals surface area contributed by atoms with Gasteiger partial charge in [0.05, 0.1) is 42.5 Å². The number of carbonyl (C=O) groups excluding carboxylic acids is 1. The maximum atomic E-state index is 11.7. The lowest BCUT2D eigenvalue weighted by molar-refractivity contribution is 0.0201. The molecule has 2 aliphatic heterocycles. The predicted octanol–water partition coefficient (Wildman–Crippen LogP) is 3.67. The number of pyridine rings is 1. The van der Waals surface area contributed by atoms with E-state index in [0.29, 0.717) is 37.0 Å². The Labute approximate surface area is 202 Å². The Balaban J connectivity index is 1.47. The largest absolute Gasteiger partial charge is 0.377 e. The lowest BCUT2D eigenvalue weighted by Gasteiger charge is -2.36. The Kier molecular flexibility index (Phi) is 5.39. The molecule has 0 radical (unpaired) electrons. The summed E-state index contributed by atoms with van der Waals surface area (Å²) in [6.07, 6.45) is 2.17. The molecule has 1 atom stereocenters. The molecule has 176 valence electrons. The average molecular weight is 480 g/mol. The molecule has 3 aliphatic rings. The SMILES string of the molecule is C[C@H]1COCCN1c1nc(N2CCOC3(CC3)C2)nc2nc(-c3cccc(C(=O)Cl)c3)ccc12. The van der Waals surface area contributed by atoms with Crippen LogP contribution in [0.2, 0.25) is 0 Å². The molecular formula is C25H26ClN5O3. The minimum atomic E-state index is -0.489. The molecular weight excluding hydrogens is 454 g/mol. The Morgan fingerprint density at radius 2 is 2.00 bits per heavy atom. The molecule has 0 N–H and O–H groups in total. The summed E-state index contributed by atoms with van der Waals surface area (Å²) in [6, 6.07) is 11.4. The molecule has 34 heavy (non-hydrogen) atoms. The summed E-state index contributed by atoms with van der Waals surface area (Å²) in [5, 5.41) is 0.414. The van der Waals surface area contributed by atoms with Crippen LogP contribution in [0.4, 0.5) is 11.8 Å². The second-order valence-corrected chi connectivity index (χ2v) is 9.68. The van der Waals surface area contributed by atoms with E-state index in [1.807, 2.05) is 24.3 Å². The first-order valence-corrected chi connectivity index (χ1v) is 12.1. The van der Waals surface area contributed by atoms with Gasteiger partial charge >= 0.3 is 0 Å². The van der Waals surface area contributed by atoms with Crippen LogP contribution in [0, 0.1) is 0 Å². The minimum Gasteiger partial charge on any atom is -0.377 e. The molecule has 4 heterocycles. The van der Waals surface area contributed by atoms with Gasteiger partial charge in [0.15, 0.2) is 5.65 Å². The quantitative estimate of drug-likeness (QED) is 0.524. The van der Waals surface area contributed by atoms with Gasteiger partial charge in [0.2, 0.25) is 5.95 Å². The molecule has 1 spiro atoms. The highest BCUT2D eigenvalue weighted by Crippen LogP contribution is 2.43. The lowest BCUT2D eigenvalue weighted by atomic mass is 10.1. The first-order chi connectivity index (χ1) is 16.5. The van der Waals surface area contributed by atoms with Gasteiger partial charge in [0, 0.05) is 30.8 Å². The van der Waals surface area contributed by atoms with Gasteiger partial charge in [-0.05, 0) is 49.6 Å². The second-order valence-electron chi connectivity index (χ2n) is 9.34. The van der Waals surface area contributed by atoms with E-state index in [2.05, 4.69) is 16.7 Å². The van der Waals surface area contributed by atoms with Gasteiger partial charge in [-0.2, -0.15) is 9.97 Å². The van der Waals surface area contributed by atoms with Crippen molar-refractivity contribution in [1.29, 1.82) is 0 Å². The molecule has 0 bridgehead atoms. The van der Waals surface area contributed by atoms with Crippen molar-refractivity contribution >= 4 is 39.6 Å². The molecule has 3 aromatic rings. The zero-order chi connectivity index (χ0) is 23.3. The number of fused-ring (bicyclic) bond motifs is 1. The van der Waals surface area contributed by atoms with Crippen LogP contribution < -0.4 is 9.80 Å². The monoisotopic (exact) mass is 479 g/mol. The van der Waals surface area contributed by atoms with Gasteiger partial charge in [0.1, 0.15) is 5.82 Å². The van der Waals surface area contributed by atoms with Crippen LogP contribution in [0.25, 0.3) is 22.3 Å². The predicted molar refractivity (Wildman–Crippen MR) is 131 cm³/mol. The van der Waals surface area contributed by atoms with Gasteiger partial charge in [0.25, 0.3) is 5.24 Å². The van der Waals surface area contributed by atoms with Crippen molar-refractivity contribution in [1.82, 2.24) is 15.0 Å². The fourth-order valence-corrected chi connectivity index (χ4v) is 4.92. The standard InChI is InChI=1S/C25H26ClN5O3/c1-16-14-33-11-10-31(16)23-19-5-6-20(17-3-2-4-18(13-17)21(26)32)27-22(19)28-24(29-23)30-9-12-34-25(15-30)7-8-25/h2-6,13,16H,7-12,14-15H2,1H3/t16-/m0/s1. The van der Waals surface area contributed by atoms with Gasteiger partial charge in [-0.25, -0.2) is 4.98 Å². The minimum absolute atomic E-state index is 0.0349. The zero-order valence-corrected chi connectivity index (χ0v) is 19.8. The topological polar surface area (TPSA) is 80.7 Å². The van der Waals surface area contributed by atoms with E-state index in [9.17, 15) is 4.79 Å². The maximum absolute atomic E-state index is 11.7. The van der Waals surface area contributed by atoms with Gasteiger partial charge in [-0.1, -0.05) is 18.2 Å². The van der Waals surface area contributed by atoms with Crippen molar-refractivity contribution in [3.05, 3.63) is 42.0 Å². The number of rotatable bonds is 4. The van der Waals surface area contributed by atoms with E-state index in [-0.39, 0.29) is 11.6 Å². The number of ether oxygens (including phenoxy) is 2.